The van der Waals surface area contributed by atoms with Gasteiger partial charge in [-0.25, -0.2) is 17.7 Å². The van der Waals surface area contributed by atoms with Gasteiger partial charge in [0.05, 0.1) is 9.90 Å². The molecule has 2 aromatic rings. The lowest BCUT2D eigenvalue weighted by molar-refractivity contribution is 0.0712. The minimum Gasteiger partial charge on any atom is -0.339 e. The summed E-state index contributed by atoms with van der Waals surface area (Å²) in [5.74, 6) is 0.291. The molecule has 6 nitrogen and oxygen atoms in total. The molecule has 8 heteroatoms. The fourth-order valence-electron chi connectivity index (χ4n) is 3.16. The molecule has 1 saturated heterocycles. The summed E-state index contributed by atoms with van der Waals surface area (Å²) in [6.07, 6.45) is 3.58. The molecule has 2 heterocycles. The first-order valence-electron chi connectivity index (χ1n) is 8.52. The smallest absolute Gasteiger partial charge is 0.253 e. The van der Waals surface area contributed by atoms with Crippen molar-refractivity contribution in [2.45, 2.75) is 30.6 Å². The zero-order valence-electron chi connectivity index (χ0n) is 15.2. The van der Waals surface area contributed by atoms with Gasteiger partial charge in [0.2, 0.25) is 10.0 Å². The number of sulfonamides is 1. The van der Waals surface area contributed by atoms with E-state index in [1.165, 1.54) is 24.5 Å². The number of hydrogen-bond donors (Lipinski definition) is 0. The number of amides is 1. The molecule has 0 spiro atoms. The Labute approximate surface area is 158 Å². The number of nitrogens with zero attached hydrogens (tertiary/aromatic N) is 3. The summed E-state index contributed by atoms with van der Waals surface area (Å²) in [6, 6.07) is 4.91. The second-order valence-corrected chi connectivity index (χ2v) is 9.75. The monoisotopic (exact) mass is 393 g/mol. The summed E-state index contributed by atoms with van der Waals surface area (Å²) in [6.45, 7) is 3.06. The Balaban J connectivity index is 1.77. The third-order valence-electron chi connectivity index (χ3n) is 4.78. The number of hydrogen-bond acceptors (Lipinski definition) is 5. The van der Waals surface area contributed by atoms with Crippen LogP contribution in [0.4, 0.5) is 0 Å². The van der Waals surface area contributed by atoms with Crippen molar-refractivity contribution in [1.82, 2.24) is 14.2 Å². The lowest BCUT2D eigenvalue weighted by atomic mass is 9.97. The Hall–Kier alpha value is -1.77. The summed E-state index contributed by atoms with van der Waals surface area (Å²) in [7, 11) is -0.592. The highest BCUT2D eigenvalue weighted by atomic mass is 32.2. The Kier molecular flexibility index (Phi) is 5.45. The third-order valence-corrected chi connectivity index (χ3v) is 7.67. The van der Waals surface area contributed by atoms with Gasteiger partial charge in [-0.05, 0) is 37.5 Å². The van der Waals surface area contributed by atoms with Crippen molar-refractivity contribution in [2.75, 3.05) is 27.2 Å². The van der Waals surface area contributed by atoms with Gasteiger partial charge in [0, 0.05) is 50.2 Å². The Morgan fingerprint density at radius 1 is 1.27 bits per heavy atom. The maximum atomic E-state index is 12.9. The molecule has 1 aromatic heterocycles. The van der Waals surface area contributed by atoms with Crippen LogP contribution in [0.3, 0.4) is 0 Å². The summed E-state index contributed by atoms with van der Waals surface area (Å²) < 4.78 is 26.1. The predicted molar refractivity (Wildman–Crippen MR) is 102 cm³/mol. The van der Waals surface area contributed by atoms with Gasteiger partial charge >= 0.3 is 0 Å². The molecular weight excluding hydrogens is 370 g/mol. The van der Waals surface area contributed by atoms with Crippen LogP contribution in [-0.2, 0) is 10.0 Å². The zero-order valence-corrected chi connectivity index (χ0v) is 16.8. The lowest BCUT2D eigenvalue weighted by Crippen LogP contribution is -2.38. The Morgan fingerprint density at radius 3 is 2.54 bits per heavy atom. The van der Waals surface area contributed by atoms with E-state index in [1.807, 2.05) is 11.6 Å². The molecule has 0 radical (unpaired) electrons. The second-order valence-electron chi connectivity index (χ2n) is 6.70. The average molecular weight is 394 g/mol. The third kappa shape index (κ3) is 3.67. The second kappa shape index (κ2) is 7.46. The highest BCUT2D eigenvalue weighted by Crippen LogP contribution is 2.30. The molecule has 0 unspecified atom stereocenters. The van der Waals surface area contributed by atoms with Crippen molar-refractivity contribution in [3.8, 4) is 0 Å². The fourth-order valence-corrected chi connectivity index (χ4v) is 5.11. The van der Waals surface area contributed by atoms with E-state index in [0.29, 0.717) is 30.1 Å². The number of thiazole rings is 1. The van der Waals surface area contributed by atoms with Crippen LogP contribution in [0.1, 0.15) is 39.7 Å². The van der Waals surface area contributed by atoms with Crippen molar-refractivity contribution < 1.29 is 13.2 Å². The van der Waals surface area contributed by atoms with E-state index in [9.17, 15) is 13.2 Å². The lowest BCUT2D eigenvalue weighted by Gasteiger charge is -2.31. The molecule has 1 amide bonds. The van der Waals surface area contributed by atoms with Gasteiger partial charge in [-0.3, -0.25) is 4.79 Å². The number of aryl methyl sites for hydroxylation is 1. The van der Waals surface area contributed by atoms with Gasteiger partial charge in [-0.2, -0.15) is 0 Å². The molecule has 1 fully saturated rings. The van der Waals surface area contributed by atoms with Crippen molar-refractivity contribution in [3.05, 3.63) is 45.9 Å². The summed E-state index contributed by atoms with van der Waals surface area (Å²) in [4.78, 5) is 19.2. The molecule has 26 heavy (non-hydrogen) atoms. The highest BCUT2D eigenvalue weighted by Gasteiger charge is 2.27. The van der Waals surface area contributed by atoms with Crippen molar-refractivity contribution >= 4 is 27.3 Å². The SMILES string of the molecule is Cc1ccc(C(=O)N2CCC(c3nccs3)CC2)cc1S(=O)(=O)N(C)C. The number of carbonyl (C=O) groups is 1. The van der Waals surface area contributed by atoms with Crippen molar-refractivity contribution in [3.63, 3.8) is 0 Å². The molecule has 0 saturated carbocycles. The maximum Gasteiger partial charge on any atom is 0.253 e. The van der Waals surface area contributed by atoms with Gasteiger partial charge in [-0.1, -0.05) is 6.07 Å². The van der Waals surface area contributed by atoms with Crippen LogP contribution in [0.5, 0.6) is 0 Å². The van der Waals surface area contributed by atoms with Gasteiger partial charge in [0.1, 0.15) is 0 Å². The van der Waals surface area contributed by atoms with Gasteiger partial charge in [0.25, 0.3) is 5.91 Å². The predicted octanol–water partition coefficient (Wildman–Crippen LogP) is 2.72. The Morgan fingerprint density at radius 2 is 1.96 bits per heavy atom. The number of rotatable bonds is 4. The molecule has 1 aromatic carbocycles. The zero-order chi connectivity index (χ0) is 18.9. The summed E-state index contributed by atoms with van der Waals surface area (Å²) in [5, 5.41) is 3.11. The topological polar surface area (TPSA) is 70.6 Å². The standard InChI is InChI=1S/C18H23N3O3S2/c1-13-4-5-15(12-16(13)26(23,24)20(2)3)18(22)21-9-6-14(7-10-21)17-19-8-11-25-17/h4-5,8,11-12,14H,6-7,9-10H2,1-3H3. The number of benzene rings is 1. The van der Waals surface area contributed by atoms with E-state index in [1.54, 1.807) is 35.3 Å². The molecule has 0 aliphatic carbocycles. The first kappa shape index (κ1) is 19.0. The maximum absolute atomic E-state index is 12.9. The number of likely N-dealkylation sites (tertiary alicyclic amines) is 1. The van der Waals surface area contributed by atoms with Crippen molar-refractivity contribution in [1.29, 1.82) is 0 Å². The van der Waals surface area contributed by atoms with E-state index in [-0.39, 0.29) is 10.8 Å². The minimum absolute atomic E-state index is 0.113. The van der Waals surface area contributed by atoms with Crippen molar-refractivity contribution in [2.24, 2.45) is 0 Å². The van der Waals surface area contributed by atoms with Crippen LogP contribution in [0, 0.1) is 6.92 Å². The van der Waals surface area contributed by atoms with Crippen LogP contribution in [0.25, 0.3) is 0 Å². The molecule has 0 bridgehead atoms. The highest BCUT2D eigenvalue weighted by molar-refractivity contribution is 7.89. The number of piperidine rings is 1. The van der Waals surface area contributed by atoms with Crippen LogP contribution >= 0.6 is 11.3 Å². The largest absolute Gasteiger partial charge is 0.339 e. The van der Waals surface area contributed by atoms with Crippen LogP contribution in [0.15, 0.2) is 34.7 Å². The van der Waals surface area contributed by atoms with Crippen LogP contribution < -0.4 is 0 Å². The van der Waals surface area contributed by atoms with E-state index < -0.39 is 10.0 Å². The quantitative estimate of drug-likeness (QED) is 0.801. The molecule has 1 aliphatic rings. The van der Waals surface area contributed by atoms with Gasteiger partial charge < -0.3 is 4.90 Å². The normalized spacial score (nSPS) is 16.2. The molecule has 140 valence electrons. The minimum atomic E-state index is -3.58. The van der Waals surface area contributed by atoms with E-state index in [4.69, 9.17) is 0 Å². The molecule has 3 rings (SSSR count). The first-order valence-corrected chi connectivity index (χ1v) is 10.8. The van der Waals surface area contributed by atoms with E-state index >= 15 is 0 Å². The molecule has 0 atom stereocenters. The summed E-state index contributed by atoms with van der Waals surface area (Å²) in [5.41, 5.74) is 1.06. The Bertz CT molecular complexity index is 884. The van der Waals surface area contributed by atoms with Crippen LogP contribution in [-0.4, -0.2) is 55.7 Å². The van der Waals surface area contributed by atoms with E-state index in [0.717, 1.165) is 17.8 Å². The number of carbonyl (C=O) groups excluding carboxylic acids is 1. The van der Waals surface area contributed by atoms with Gasteiger partial charge in [-0.15, -0.1) is 11.3 Å². The average Bonchev–Trinajstić information content (AvgIpc) is 3.16. The molecule has 0 N–H and O–H groups in total. The molecular formula is C18H23N3O3S2. The van der Waals surface area contributed by atoms with Crippen LogP contribution in [0.2, 0.25) is 0 Å². The summed E-state index contributed by atoms with van der Waals surface area (Å²) >= 11 is 1.66. The van der Waals surface area contributed by atoms with Gasteiger partial charge in [0.15, 0.2) is 0 Å². The number of aromatic nitrogens is 1. The fraction of sp³-hybridized carbons (Fsp3) is 0.444. The first-order chi connectivity index (χ1) is 12.3. The van der Waals surface area contributed by atoms with E-state index in [2.05, 4.69) is 4.98 Å². The molecule has 1 aliphatic heterocycles.